The van der Waals surface area contributed by atoms with Gasteiger partial charge in [-0.15, -0.1) is 0 Å². The Kier molecular flexibility index (Phi) is 55.9. The first-order valence-electron chi connectivity index (χ1n) is 29.3. The fourth-order valence-corrected chi connectivity index (χ4v) is 8.25. The summed E-state index contributed by atoms with van der Waals surface area (Å²) in [6.45, 7) is 3.42. The first kappa shape index (κ1) is 70.9. The summed E-state index contributed by atoms with van der Waals surface area (Å²) < 4.78 is 32.9. The van der Waals surface area contributed by atoms with E-state index in [4.69, 9.17) is 24.3 Å². The minimum atomic E-state index is -4.41. The zero-order valence-corrected chi connectivity index (χ0v) is 48.1. The van der Waals surface area contributed by atoms with Crippen LogP contribution in [0.2, 0.25) is 0 Å². The summed E-state index contributed by atoms with van der Waals surface area (Å²) in [5.41, 5.74) is 5.37. The van der Waals surface area contributed by atoms with E-state index in [1.165, 1.54) is 83.5 Å². The van der Waals surface area contributed by atoms with Gasteiger partial charge in [0.15, 0.2) is 6.10 Å². The summed E-state index contributed by atoms with van der Waals surface area (Å²) in [6, 6.07) is 0. The number of rotatable bonds is 53. The molecule has 10 heteroatoms. The van der Waals surface area contributed by atoms with Gasteiger partial charge in [0, 0.05) is 19.4 Å². The molecule has 0 radical (unpaired) electrons. The monoisotopic (exact) mass is 1060 g/mol. The molecule has 0 rings (SSSR count). The normalized spacial score (nSPS) is 14.1. The molecule has 2 atom stereocenters. The molecule has 0 heterocycles. The van der Waals surface area contributed by atoms with E-state index >= 15 is 0 Å². The van der Waals surface area contributed by atoms with Crippen LogP contribution in [-0.2, 0) is 32.7 Å². The first-order valence-corrected chi connectivity index (χ1v) is 30.8. The van der Waals surface area contributed by atoms with Gasteiger partial charge < -0.3 is 20.1 Å². The molecule has 0 amide bonds. The van der Waals surface area contributed by atoms with Crippen LogP contribution in [0.25, 0.3) is 0 Å². The van der Waals surface area contributed by atoms with Crippen molar-refractivity contribution in [3.63, 3.8) is 0 Å². The summed E-state index contributed by atoms with van der Waals surface area (Å²) in [5, 5.41) is 0. The highest BCUT2D eigenvalue weighted by Gasteiger charge is 2.26. The Labute approximate surface area is 458 Å². The summed E-state index contributed by atoms with van der Waals surface area (Å²) in [4.78, 5) is 35.1. The van der Waals surface area contributed by atoms with Gasteiger partial charge in [0.2, 0.25) is 0 Å². The van der Waals surface area contributed by atoms with E-state index in [1.54, 1.807) is 0 Å². The molecule has 424 valence electrons. The van der Waals surface area contributed by atoms with Gasteiger partial charge in [-0.05, 0) is 103 Å². The van der Waals surface area contributed by atoms with Crippen molar-refractivity contribution in [2.24, 2.45) is 5.73 Å². The molecule has 9 nitrogen and oxygen atoms in total. The Bertz CT molecular complexity index is 1730. The van der Waals surface area contributed by atoms with Gasteiger partial charge in [0.05, 0.1) is 13.2 Å². The molecule has 75 heavy (non-hydrogen) atoms. The second kappa shape index (κ2) is 59.1. The van der Waals surface area contributed by atoms with Crippen LogP contribution in [0.3, 0.4) is 0 Å². The number of phosphoric acid groups is 1. The van der Waals surface area contributed by atoms with Crippen LogP contribution in [0.15, 0.2) is 146 Å². The van der Waals surface area contributed by atoms with Crippen LogP contribution < -0.4 is 5.73 Å². The standard InChI is InChI=1S/C65H106NO8P/c1-3-5-7-9-11-13-15-17-19-21-23-24-25-26-27-28-29-30-31-32-33-34-35-36-37-38-40-42-44-46-48-50-52-54-56-58-65(68)74-63(62-73-75(69,70)72-60-59-66)61-71-64(67)57-55-53-51-49-47-45-43-41-39-22-20-18-16-14-12-10-8-6-4-2/h5-8,11-14,17-20,23-24,26-27,29-30,39,41,45,47,51,53,63H,3-4,9-10,15-16,21-22,25,28,31-38,40,42-44,46,48-50,52,54-62,66H2,1-2H3,(H,69,70)/b7-5-,8-6-,13-11-,14-12-,19-17-,20-18-,24-23-,27-26-,30-29-,41-39-,47-45-,53-51-. The smallest absolute Gasteiger partial charge is 0.462 e. The second-order valence-corrected chi connectivity index (χ2v) is 20.2. The lowest BCUT2D eigenvalue weighted by molar-refractivity contribution is -0.161. The lowest BCUT2D eigenvalue weighted by atomic mass is 10.0. The van der Waals surface area contributed by atoms with Crippen LogP contribution in [0.5, 0.6) is 0 Å². The van der Waals surface area contributed by atoms with Crippen molar-refractivity contribution in [3.8, 4) is 0 Å². The minimum absolute atomic E-state index is 0.0372. The van der Waals surface area contributed by atoms with E-state index in [2.05, 4.69) is 148 Å². The molecule has 0 aromatic heterocycles. The van der Waals surface area contributed by atoms with Gasteiger partial charge in [-0.25, -0.2) is 4.57 Å². The van der Waals surface area contributed by atoms with Crippen LogP contribution in [0.4, 0.5) is 0 Å². The number of carbonyl (C=O) groups is 2. The molecule has 0 saturated carbocycles. The SMILES string of the molecule is CC/C=C\C/C=C\C/C=C\C/C=C\C/C=C\C/C=C\CCCCCCCCCCCCCCCCCCC(=O)OC(COC(=O)CC/C=C\C/C=C\C/C=C\C/C=C\C/C=C\C/C=C\CC)COP(=O)(O)OCCN. The molecule has 0 bridgehead atoms. The molecular weight excluding hydrogens is 954 g/mol. The molecule has 0 aromatic carbocycles. The zero-order valence-electron chi connectivity index (χ0n) is 47.2. The number of nitrogens with two attached hydrogens (primary N) is 1. The maximum Gasteiger partial charge on any atom is 0.472 e. The number of esters is 2. The van der Waals surface area contributed by atoms with Crippen molar-refractivity contribution < 1.29 is 37.6 Å². The van der Waals surface area contributed by atoms with Crippen molar-refractivity contribution >= 4 is 19.8 Å². The molecular formula is C65H106NO8P. The fraction of sp³-hybridized carbons (Fsp3) is 0.600. The first-order chi connectivity index (χ1) is 36.8. The molecule has 0 spiro atoms. The summed E-state index contributed by atoms with van der Waals surface area (Å²) >= 11 is 0. The highest BCUT2D eigenvalue weighted by Crippen LogP contribution is 2.43. The largest absolute Gasteiger partial charge is 0.472 e. The van der Waals surface area contributed by atoms with Crippen LogP contribution in [0, 0.1) is 0 Å². The molecule has 3 N–H and O–H groups in total. The Morgan fingerprint density at radius 2 is 0.720 bits per heavy atom. The maximum absolute atomic E-state index is 12.7. The number of allylic oxidation sites excluding steroid dienone is 24. The van der Waals surface area contributed by atoms with Crippen molar-refractivity contribution in [1.29, 1.82) is 0 Å². The second-order valence-electron chi connectivity index (χ2n) is 18.7. The average Bonchev–Trinajstić information content (AvgIpc) is 3.40. The highest BCUT2D eigenvalue weighted by atomic mass is 31.2. The predicted molar refractivity (Wildman–Crippen MR) is 320 cm³/mol. The third-order valence-corrected chi connectivity index (χ3v) is 12.7. The Morgan fingerprint density at radius 1 is 0.400 bits per heavy atom. The molecule has 0 saturated heterocycles. The molecule has 2 unspecified atom stereocenters. The van der Waals surface area contributed by atoms with E-state index in [9.17, 15) is 19.0 Å². The van der Waals surface area contributed by atoms with Crippen LogP contribution in [-0.4, -0.2) is 49.3 Å². The number of carbonyl (C=O) groups excluding carboxylic acids is 2. The third-order valence-electron chi connectivity index (χ3n) is 11.7. The van der Waals surface area contributed by atoms with E-state index in [0.717, 1.165) is 96.3 Å². The highest BCUT2D eigenvalue weighted by molar-refractivity contribution is 7.47. The topological polar surface area (TPSA) is 134 Å². The predicted octanol–water partition coefficient (Wildman–Crippen LogP) is 18.7. The molecule has 0 aliphatic rings. The van der Waals surface area contributed by atoms with Gasteiger partial charge in [-0.3, -0.25) is 18.6 Å². The molecule has 0 aliphatic carbocycles. The van der Waals surface area contributed by atoms with Crippen LogP contribution in [0.1, 0.15) is 219 Å². The zero-order chi connectivity index (χ0) is 54.5. The third kappa shape index (κ3) is 59.0. The van der Waals surface area contributed by atoms with E-state index < -0.39 is 32.5 Å². The van der Waals surface area contributed by atoms with Crippen LogP contribution >= 0.6 is 7.82 Å². The molecule has 0 fully saturated rings. The van der Waals surface area contributed by atoms with Crippen molar-refractivity contribution in [2.75, 3.05) is 26.4 Å². The van der Waals surface area contributed by atoms with Gasteiger partial charge >= 0.3 is 19.8 Å². The van der Waals surface area contributed by atoms with E-state index in [1.807, 2.05) is 12.2 Å². The minimum Gasteiger partial charge on any atom is -0.462 e. The Morgan fingerprint density at radius 3 is 1.08 bits per heavy atom. The Hall–Kier alpha value is -4.11. The fourth-order valence-electron chi connectivity index (χ4n) is 7.49. The van der Waals surface area contributed by atoms with Gasteiger partial charge in [0.25, 0.3) is 0 Å². The van der Waals surface area contributed by atoms with Gasteiger partial charge in [0.1, 0.15) is 6.61 Å². The number of hydrogen-bond donors (Lipinski definition) is 2. The molecule has 0 aliphatic heterocycles. The molecule has 0 aromatic rings. The number of unbranched alkanes of at least 4 members (excludes halogenated alkanes) is 16. The lowest BCUT2D eigenvalue weighted by Crippen LogP contribution is -2.29. The number of phosphoric ester groups is 1. The van der Waals surface area contributed by atoms with Gasteiger partial charge in [-0.2, -0.15) is 0 Å². The van der Waals surface area contributed by atoms with E-state index in [0.29, 0.717) is 12.8 Å². The number of hydrogen-bond acceptors (Lipinski definition) is 8. The summed E-state index contributed by atoms with van der Waals surface area (Å²) in [5.74, 6) is -0.933. The van der Waals surface area contributed by atoms with Crippen molar-refractivity contribution in [3.05, 3.63) is 146 Å². The van der Waals surface area contributed by atoms with Crippen molar-refractivity contribution in [2.45, 2.75) is 225 Å². The van der Waals surface area contributed by atoms with Gasteiger partial charge in [-0.1, -0.05) is 250 Å². The number of ether oxygens (including phenoxy) is 2. The van der Waals surface area contributed by atoms with Crippen molar-refractivity contribution in [1.82, 2.24) is 0 Å². The average molecular weight is 1060 g/mol. The summed E-state index contributed by atoms with van der Waals surface area (Å²) in [6.07, 6.45) is 85.0. The quantitative estimate of drug-likeness (QED) is 0.0264. The summed E-state index contributed by atoms with van der Waals surface area (Å²) in [7, 11) is -4.41. The lowest BCUT2D eigenvalue weighted by Gasteiger charge is -2.19. The van der Waals surface area contributed by atoms with E-state index in [-0.39, 0.29) is 32.6 Å². The maximum atomic E-state index is 12.7. The Balaban J connectivity index is 4.01.